The lowest BCUT2D eigenvalue weighted by molar-refractivity contribution is -0.0538. The van der Waals surface area contributed by atoms with E-state index < -0.39 is 0 Å². The highest BCUT2D eigenvalue weighted by molar-refractivity contribution is 5.23. The summed E-state index contributed by atoms with van der Waals surface area (Å²) in [5, 5.41) is 0. The largest absolute Gasteiger partial charge is 0.384 e. The van der Waals surface area contributed by atoms with Gasteiger partial charge in [0.25, 0.3) is 0 Å². The Morgan fingerprint density at radius 1 is 1.04 bits per heavy atom. The second-order valence-electron chi connectivity index (χ2n) is 9.38. The Labute approximate surface area is 143 Å². The van der Waals surface area contributed by atoms with Gasteiger partial charge in [0.1, 0.15) is 0 Å². The molecule has 4 saturated carbocycles. The van der Waals surface area contributed by atoms with E-state index >= 15 is 0 Å². The molecule has 0 spiro atoms. The van der Waals surface area contributed by atoms with Crippen LogP contribution in [0, 0.1) is 40.9 Å². The van der Waals surface area contributed by atoms with E-state index in [0.29, 0.717) is 5.41 Å². The van der Waals surface area contributed by atoms with E-state index in [1.807, 2.05) is 7.11 Å². The minimum absolute atomic E-state index is 0.565. The summed E-state index contributed by atoms with van der Waals surface area (Å²) in [6, 6.07) is 0. The van der Waals surface area contributed by atoms with Crippen molar-refractivity contribution in [2.75, 3.05) is 13.7 Å². The molecule has 4 aliphatic carbocycles. The zero-order valence-corrected chi connectivity index (χ0v) is 15.5. The summed E-state index contributed by atoms with van der Waals surface area (Å²) in [5.74, 6) is 6.05. The molecule has 0 aromatic heterocycles. The quantitative estimate of drug-likeness (QED) is 0.581. The molecule has 1 nitrogen and oxygen atoms in total. The van der Waals surface area contributed by atoms with Gasteiger partial charge in [0.2, 0.25) is 0 Å². The molecule has 23 heavy (non-hydrogen) atoms. The van der Waals surface area contributed by atoms with Crippen LogP contribution in [0.4, 0.5) is 0 Å². The smallest absolute Gasteiger partial charge is 0.0490 e. The zero-order valence-electron chi connectivity index (χ0n) is 15.5. The molecule has 0 bridgehead atoms. The van der Waals surface area contributed by atoms with Crippen molar-refractivity contribution < 1.29 is 4.74 Å². The molecule has 0 amide bonds. The average molecular weight is 317 g/mol. The fraction of sp³-hybridized carbons (Fsp3) is 0.909. The molecule has 0 aromatic carbocycles. The van der Waals surface area contributed by atoms with Crippen LogP contribution in [0.2, 0.25) is 0 Å². The van der Waals surface area contributed by atoms with Crippen LogP contribution in [-0.2, 0) is 4.74 Å². The van der Waals surface area contributed by atoms with E-state index in [0.717, 1.165) is 42.1 Å². The normalized spacial score (nSPS) is 51.2. The van der Waals surface area contributed by atoms with Gasteiger partial charge in [-0.05, 0) is 106 Å². The predicted molar refractivity (Wildman–Crippen MR) is 96.2 cm³/mol. The highest BCUT2D eigenvalue weighted by Crippen LogP contribution is 2.64. The maximum Gasteiger partial charge on any atom is 0.0490 e. The molecule has 0 heterocycles. The Morgan fingerprint density at radius 2 is 1.87 bits per heavy atom. The zero-order chi connectivity index (χ0) is 16.0. The first kappa shape index (κ1) is 16.2. The number of fused-ring (bicyclic) bond motifs is 5. The van der Waals surface area contributed by atoms with Crippen molar-refractivity contribution in [3.05, 3.63) is 11.6 Å². The Bertz CT molecular complexity index is 467. The van der Waals surface area contributed by atoms with Crippen LogP contribution >= 0.6 is 0 Å². The van der Waals surface area contributed by atoms with Gasteiger partial charge >= 0.3 is 0 Å². The summed E-state index contributed by atoms with van der Waals surface area (Å²) >= 11 is 0. The Balaban J connectivity index is 1.50. The molecule has 4 aliphatic rings. The molecular weight excluding hydrogens is 280 g/mol. The second-order valence-corrected chi connectivity index (χ2v) is 9.38. The maximum absolute atomic E-state index is 5.46. The Kier molecular flexibility index (Phi) is 4.37. The van der Waals surface area contributed by atoms with Gasteiger partial charge in [-0.2, -0.15) is 0 Å². The van der Waals surface area contributed by atoms with Crippen molar-refractivity contribution in [3.8, 4) is 0 Å². The number of allylic oxidation sites excluding steroid dienone is 2. The predicted octanol–water partition coefficient (Wildman–Crippen LogP) is 5.85. The minimum atomic E-state index is 0.565. The lowest BCUT2D eigenvalue weighted by atomic mass is 9.50. The molecule has 7 unspecified atom stereocenters. The summed E-state index contributed by atoms with van der Waals surface area (Å²) in [5.41, 5.74) is 2.36. The fourth-order valence-corrected chi connectivity index (χ4v) is 7.66. The number of hydrogen-bond donors (Lipinski definition) is 0. The SMILES string of the molecule is C/C=C1/CCC2C3CCC4CC(COC)CCC4C3CCC12C. The van der Waals surface area contributed by atoms with Gasteiger partial charge in [-0.15, -0.1) is 0 Å². The lowest BCUT2D eigenvalue weighted by Gasteiger charge is -2.55. The van der Waals surface area contributed by atoms with E-state index in [-0.39, 0.29) is 0 Å². The number of rotatable bonds is 2. The molecule has 1 heteroatoms. The third kappa shape index (κ3) is 2.53. The van der Waals surface area contributed by atoms with Gasteiger partial charge in [-0.1, -0.05) is 18.6 Å². The molecule has 7 atom stereocenters. The van der Waals surface area contributed by atoms with Gasteiger partial charge in [-0.25, -0.2) is 0 Å². The molecule has 0 saturated heterocycles. The van der Waals surface area contributed by atoms with E-state index in [2.05, 4.69) is 19.9 Å². The molecule has 0 N–H and O–H groups in total. The molecule has 0 aliphatic heterocycles. The molecular formula is C22H36O. The summed E-state index contributed by atoms with van der Waals surface area (Å²) in [6.07, 6.45) is 15.8. The molecule has 4 rings (SSSR count). The molecule has 0 aromatic rings. The molecule has 130 valence electrons. The highest BCUT2D eigenvalue weighted by Gasteiger charge is 2.54. The van der Waals surface area contributed by atoms with Gasteiger partial charge < -0.3 is 4.74 Å². The summed E-state index contributed by atoms with van der Waals surface area (Å²) in [7, 11) is 1.88. The van der Waals surface area contributed by atoms with Crippen molar-refractivity contribution in [1.29, 1.82) is 0 Å². The van der Waals surface area contributed by atoms with Crippen LogP contribution < -0.4 is 0 Å². The standard InChI is InChI=1S/C22H36O/c1-4-17-7-10-21-20-9-6-16-13-15(14-23-3)5-8-18(16)19(20)11-12-22(17,21)2/h4,15-16,18-21H,5-14H2,1-3H3/b17-4-. The van der Waals surface area contributed by atoms with Crippen LogP contribution in [0.15, 0.2) is 11.6 Å². The Hall–Kier alpha value is -0.300. The van der Waals surface area contributed by atoms with Crippen molar-refractivity contribution in [1.82, 2.24) is 0 Å². The first-order valence-corrected chi connectivity index (χ1v) is 10.3. The Morgan fingerprint density at radius 3 is 2.65 bits per heavy atom. The van der Waals surface area contributed by atoms with Gasteiger partial charge in [0.15, 0.2) is 0 Å². The third-order valence-corrected chi connectivity index (χ3v) is 8.66. The summed E-state index contributed by atoms with van der Waals surface area (Å²) < 4.78 is 5.46. The lowest BCUT2D eigenvalue weighted by Crippen LogP contribution is -2.47. The van der Waals surface area contributed by atoms with E-state index in [9.17, 15) is 0 Å². The van der Waals surface area contributed by atoms with Gasteiger partial charge in [-0.3, -0.25) is 0 Å². The van der Waals surface area contributed by atoms with Crippen molar-refractivity contribution in [2.45, 2.75) is 71.6 Å². The van der Waals surface area contributed by atoms with Crippen molar-refractivity contribution >= 4 is 0 Å². The molecule has 4 fully saturated rings. The van der Waals surface area contributed by atoms with Crippen LogP contribution in [0.5, 0.6) is 0 Å². The van der Waals surface area contributed by atoms with Gasteiger partial charge in [0, 0.05) is 13.7 Å². The van der Waals surface area contributed by atoms with Gasteiger partial charge in [0.05, 0.1) is 0 Å². The number of ether oxygens (including phenoxy) is 1. The monoisotopic (exact) mass is 316 g/mol. The minimum Gasteiger partial charge on any atom is -0.384 e. The van der Waals surface area contributed by atoms with Crippen LogP contribution in [0.1, 0.15) is 71.6 Å². The highest BCUT2D eigenvalue weighted by atomic mass is 16.5. The van der Waals surface area contributed by atoms with Crippen LogP contribution in [-0.4, -0.2) is 13.7 Å². The average Bonchev–Trinajstić information content (AvgIpc) is 2.91. The number of methoxy groups -OCH3 is 1. The van der Waals surface area contributed by atoms with E-state index in [4.69, 9.17) is 4.74 Å². The van der Waals surface area contributed by atoms with Crippen LogP contribution in [0.3, 0.4) is 0 Å². The summed E-state index contributed by atoms with van der Waals surface area (Å²) in [6.45, 7) is 5.89. The van der Waals surface area contributed by atoms with E-state index in [1.165, 1.54) is 57.8 Å². The third-order valence-electron chi connectivity index (χ3n) is 8.66. The second kappa shape index (κ2) is 6.21. The topological polar surface area (TPSA) is 9.23 Å². The van der Waals surface area contributed by atoms with Crippen molar-refractivity contribution in [2.24, 2.45) is 40.9 Å². The first-order valence-electron chi connectivity index (χ1n) is 10.3. The number of hydrogen-bond acceptors (Lipinski definition) is 1. The maximum atomic E-state index is 5.46. The van der Waals surface area contributed by atoms with E-state index in [1.54, 1.807) is 5.57 Å². The fourth-order valence-electron chi connectivity index (χ4n) is 7.66. The first-order chi connectivity index (χ1) is 11.2. The molecule has 0 radical (unpaired) electrons. The summed E-state index contributed by atoms with van der Waals surface area (Å²) in [4.78, 5) is 0. The van der Waals surface area contributed by atoms with Crippen LogP contribution in [0.25, 0.3) is 0 Å². The van der Waals surface area contributed by atoms with Crippen molar-refractivity contribution in [3.63, 3.8) is 0 Å².